The minimum Gasteiger partial charge on any atom is -0.507 e. The third kappa shape index (κ3) is 7.44. The molecule has 4 bridgehead atoms. The number of phenolic OH excluding ortho intramolecular Hbond substituents is 1. The van der Waals surface area contributed by atoms with E-state index in [0.717, 1.165) is 34.9 Å². The van der Waals surface area contributed by atoms with Crippen molar-refractivity contribution < 1.29 is 100 Å². The molecule has 6 heterocycles. The number of thioether (sulfide) groups is 1. The van der Waals surface area contributed by atoms with E-state index in [-0.39, 0.29) is 81.8 Å². The molecule has 0 aliphatic carbocycles. The van der Waals surface area contributed by atoms with E-state index in [1.54, 1.807) is 14.0 Å². The third-order valence-electron chi connectivity index (χ3n) is 11.7. The second kappa shape index (κ2) is 17.0. The second-order valence-corrected chi connectivity index (χ2v) is 16.0. The number of aryl methyl sites for hydroxylation is 1. The second-order valence-electron chi connectivity index (χ2n) is 14.9. The molecule has 309 valence electrons. The van der Waals surface area contributed by atoms with E-state index in [9.17, 15) is 33.1 Å². The number of methoxy groups -OCH3 is 2. The zero-order valence-electron chi connectivity index (χ0n) is 32.8. The molecule has 7 atom stereocenters. The molecule has 3 aromatic carbocycles. The first-order valence-corrected chi connectivity index (χ1v) is 19.6. The van der Waals surface area contributed by atoms with Crippen LogP contribution in [0.25, 0.3) is 6.08 Å². The Balaban J connectivity index is 0.00000528. The number of fused-ring (bicyclic) bond motifs is 10. The van der Waals surface area contributed by atoms with Crippen molar-refractivity contribution in [2.45, 2.75) is 67.9 Å². The smallest absolute Gasteiger partial charge is 0.416 e. The number of hydrogen-bond acceptors (Lipinski definition) is 13. The van der Waals surface area contributed by atoms with Gasteiger partial charge in [-0.3, -0.25) is 14.6 Å². The molecule has 6 aliphatic rings. The number of hydrogen-bond donors (Lipinski definition) is 2. The van der Waals surface area contributed by atoms with Gasteiger partial charge >= 0.3 is 12.1 Å². The zero-order chi connectivity index (χ0) is 41.2. The van der Waals surface area contributed by atoms with Gasteiger partial charge in [-0.05, 0) is 62.2 Å². The van der Waals surface area contributed by atoms with Crippen LogP contribution in [0, 0.1) is 69.2 Å². The maximum absolute atomic E-state index is 13.9. The zero-order valence-corrected chi connectivity index (χ0v) is 38.4. The summed E-state index contributed by atoms with van der Waals surface area (Å²) >= 11 is 1.32. The van der Waals surface area contributed by atoms with Crippen LogP contribution in [0.4, 0.5) is 13.2 Å². The van der Waals surface area contributed by atoms with Gasteiger partial charge in [-0.15, -0.1) is 11.8 Å². The molecule has 0 aromatic heterocycles. The Morgan fingerprint density at radius 1 is 1.10 bits per heavy atom. The maximum atomic E-state index is 13.9. The van der Waals surface area contributed by atoms with Crippen LogP contribution in [0.5, 0.6) is 28.7 Å². The number of carbonyl (C=O) groups excluding carboxylic acids is 2. The van der Waals surface area contributed by atoms with Crippen molar-refractivity contribution in [3.8, 4) is 34.8 Å². The van der Waals surface area contributed by atoms with Crippen LogP contribution in [0.1, 0.15) is 61.8 Å². The van der Waals surface area contributed by atoms with E-state index in [0.29, 0.717) is 51.7 Å². The third-order valence-corrected chi connectivity index (χ3v) is 13.1. The fourth-order valence-corrected chi connectivity index (χ4v) is 10.7. The number of nitriles is 1. The van der Waals surface area contributed by atoms with Crippen LogP contribution in [0.15, 0.2) is 36.4 Å². The van der Waals surface area contributed by atoms with Crippen molar-refractivity contribution in [3.63, 3.8) is 0 Å². The molecule has 0 spiro atoms. The van der Waals surface area contributed by atoms with Crippen molar-refractivity contribution in [3.05, 3.63) is 80.9 Å². The Hall–Kier alpha value is -3.71. The minimum absolute atomic E-state index is 0. The summed E-state index contributed by atoms with van der Waals surface area (Å²) in [5, 5.41) is 25.3. The molecule has 3 aromatic rings. The first-order valence-electron chi connectivity index (χ1n) is 18.6. The molecule has 6 aliphatic heterocycles. The fraction of sp³-hybridized carbons (Fsp3) is 0.439. The number of benzene rings is 3. The Kier molecular flexibility index (Phi) is 12.5. The van der Waals surface area contributed by atoms with Gasteiger partial charge in [-0.25, -0.2) is 4.79 Å². The summed E-state index contributed by atoms with van der Waals surface area (Å²) in [6.45, 7) is 3.27. The number of rotatable bonds is 7. The number of nitrogens with zero attached hydrogens (tertiary/aromatic N) is 3. The molecule has 59 heavy (non-hydrogen) atoms. The first-order chi connectivity index (χ1) is 27.8. The van der Waals surface area contributed by atoms with Gasteiger partial charge in [0.1, 0.15) is 24.4 Å². The van der Waals surface area contributed by atoms with Gasteiger partial charge in [0.05, 0.1) is 36.1 Å². The van der Waals surface area contributed by atoms with Crippen molar-refractivity contribution in [1.29, 1.82) is 5.26 Å². The molecule has 2 N–H and O–H groups in total. The quantitative estimate of drug-likeness (QED) is 0.174. The number of halogens is 3. The van der Waals surface area contributed by atoms with Crippen LogP contribution >= 0.6 is 11.8 Å². The first kappa shape index (κ1) is 43.4. The van der Waals surface area contributed by atoms with Gasteiger partial charge in [0, 0.05) is 97.3 Å². The average molecular weight is 1050 g/mol. The van der Waals surface area contributed by atoms with Crippen molar-refractivity contribution in [2.75, 3.05) is 47.2 Å². The van der Waals surface area contributed by atoms with Crippen molar-refractivity contribution in [2.24, 2.45) is 0 Å². The molecule has 1 unspecified atom stereocenters. The summed E-state index contributed by atoms with van der Waals surface area (Å²) in [6.07, 6.45) is -1.51. The Bertz CT molecular complexity index is 2240. The Morgan fingerprint density at radius 3 is 2.51 bits per heavy atom. The molecule has 9 rings (SSSR count). The predicted octanol–water partition coefficient (Wildman–Crippen LogP) is 5.51. The standard InChI is InChI=1S/C41H41F3N4O9S.Ac/c1-19-12-22-13-25-26(14-45)48-27-15-54-40(51)24(46-28(49)11-8-21-6-9-23(10-7-21)41(42,43)44)16-58-39(31-30(27)38-36(56-18-57-38)20(2)34(31)50)33(48)32(47(25)3)29(22)37(35(19)53-5)55-17-52-4;/h6-12,24-27,32-33,39,50H,13,15-18H2,1-5H3,(H,46,49);/b11-8+;/t24-,25-,26-,27-,32+,33?,39+;/m0./s1. The van der Waals surface area contributed by atoms with Gasteiger partial charge in [0.25, 0.3) is 0 Å². The molecule has 2 saturated heterocycles. The van der Waals surface area contributed by atoms with E-state index in [1.165, 1.54) is 37.1 Å². The predicted molar refractivity (Wildman–Crippen MR) is 204 cm³/mol. The number of aromatic hydroxyl groups is 1. The number of carbonyl (C=O) groups is 2. The van der Waals surface area contributed by atoms with E-state index in [1.807, 2.05) is 14.0 Å². The molecule has 0 saturated carbocycles. The largest absolute Gasteiger partial charge is 0.507 e. The number of piperazine rings is 1. The number of amides is 1. The van der Waals surface area contributed by atoms with Crippen LogP contribution in [0.3, 0.4) is 0 Å². The van der Waals surface area contributed by atoms with E-state index >= 15 is 0 Å². The Morgan fingerprint density at radius 2 is 1.83 bits per heavy atom. The van der Waals surface area contributed by atoms with Gasteiger partial charge in [-0.2, -0.15) is 18.4 Å². The molecule has 2 fully saturated rings. The van der Waals surface area contributed by atoms with Crippen molar-refractivity contribution >= 4 is 29.7 Å². The SMILES string of the molecule is COCOc1c(OC)c(C)cc2c1[C@@H]1C3[C@@H]4SC[C@H](NC(=O)/C=C/c5ccc(C(F)(F)F)cc5)C(=O)OC[C@@H](c5c6c(c(C)c(O)c54)OCO6)N3[C@@H](C#N)[C@H](C2)N1C.[Ac]. The van der Waals surface area contributed by atoms with Gasteiger partial charge < -0.3 is 38.8 Å². The summed E-state index contributed by atoms with van der Waals surface area (Å²) in [4.78, 5) is 31.4. The van der Waals surface area contributed by atoms with Crippen LogP contribution in [-0.2, 0) is 31.7 Å². The summed E-state index contributed by atoms with van der Waals surface area (Å²) in [5.74, 6) is 0.421. The topological polar surface area (TPSA) is 152 Å². The number of ether oxygens (including phenoxy) is 6. The molecular weight excluding hydrogens is 1010 g/mol. The summed E-state index contributed by atoms with van der Waals surface area (Å²) in [5.41, 5.74) is 3.81. The molecule has 18 heteroatoms. The van der Waals surface area contributed by atoms with Crippen LogP contribution in [-0.4, -0.2) is 98.2 Å². The summed E-state index contributed by atoms with van der Waals surface area (Å²) in [6, 6.07) is 5.00. The average Bonchev–Trinajstić information content (AvgIpc) is 3.69. The number of phenols is 1. The van der Waals surface area contributed by atoms with Crippen LogP contribution < -0.4 is 24.3 Å². The van der Waals surface area contributed by atoms with Gasteiger partial charge in [0.2, 0.25) is 12.7 Å². The summed E-state index contributed by atoms with van der Waals surface area (Å²) in [7, 11) is 5.08. The molecule has 1 radical (unpaired) electrons. The maximum Gasteiger partial charge on any atom is 0.416 e. The number of likely N-dealkylation sites (N-methyl/N-ethyl adjacent to an activating group) is 1. The fourth-order valence-electron chi connectivity index (χ4n) is 9.22. The van der Waals surface area contributed by atoms with E-state index < -0.39 is 59.1 Å². The van der Waals surface area contributed by atoms with Crippen LogP contribution in [0.2, 0.25) is 0 Å². The van der Waals surface area contributed by atoms with Crippen molar-refractivity contribution in [1.82, 2.24) is 15.1 Å². The van der Waals surface area contributed by atoms with E-state index in [4.69, 9.17) is 28.4 Å². The van der Waals surface area contributed by atoms with E-state index in [2.05, 4.69) is 27.3 Å². The normalized spacial score (nSPS) is 25.8. The monoisotopic (exact) mass is 1050 g/mol. The van der Waals surface area contributed by atoms with Gasteiger partial charge in [-0.1, -0.05) is 18.2 Å². The molecule has 13 nitrogen and oxygen atoms in total. The minimum atomic E-state index is -4.50. The summed E-state index contributed by atoms with van der Waals surface area (Å²) < 4.78 is 74.8. The van der Waals surface area contributed by atoms with Gasteiger partial charge in [0.15, 0.2) is 29.8 Å². The Labute approximate surface area is 378 Å². The number of nitrogens with one attached hydrogen (secondary N) is 1. The molecule has 1 amide bonds. The number of alkyl halides is 3. The molecular formula is C41H41AcF3N4O9S. The number of esters is 1.